The highest BCUT2D eigenvalue weighted by molar-refractivity contribution is 5.85. The summed E-state index contributed by atoms with van der Waals surface area (Å²) >= 11 is 0. The molecule has 66 heavy (non-hydrogen) atoms. The molecule has 6 fully saturated rings. The second-order valence-electron chi connectivity index (χ2n) is 18.9. The summed E-state index contributed by atoms with van der Waals surface area (Å²) in [5.74, 6) is 5.70. The lowest BCUT2D eigenvalue weighted by molar-refractivity contribution is -0.0510. The Kier molecular flexibility index (Phi) is 11.8. The molecule has 0 saturated carbocycles. The summed E-state index contributed by atoms with van der Waals surface area (Å²) in [5.41, 5.74) is 6.48. The molecular weight excluding hydrogens is 821 g/mol. The van der Waals surface area contributed by atoms with E-state index in [0.29, 0.717) is 41.3 Å². The van der Waals surface area contributed by atoms with E-state index in [1.165, 1.54) is 25.7 Å². The van der Waals surface area contributed by atoms with E-state index >= 15 is 0 Å². The lowest BCUT2D eigenvalue weighted by Gasteiger charge is -2.52. The van der Waals surface area contributed by atoms with Gasteiger partial charge in [-0.25, -0.2) is 0 Å². The van der Waals surface area contributed by atoms with Gasteiger partial charge in [0.25, 0.3) is 0 Å². The van der Waals surface area contributed by atoms with Gasteiger partial charge >= 0.3 is 0 Å². The zero-order valence-electron chi connectivity index (χ0n) is 38.6. The van der Waals surface area contributed by atoms with E-state index in [-0.39, 0.29) is 12.1 Å². The molecule has 10 heteroatoms. The van der Waals surface area contributed by atoms with Crippen molar-refractivity contribution >= 4 is 21.8 Å². The Morgan fingerprint density at radius 1 is 0.576 bits per heavy atom. The Morgan fingerprint density at radius 2 is 1.05 bits per heavy atom. The summed E-state index contributed by atoms with van der Waals surface area (Å²) in [6.45, 7) is 8.88. The Bertz CT molecular complexity index is 2680. The third-order valence-electron chi connectivity index (χ3n) is 15.6. The van der Waals surface area contributed by atoms with Crippen molar-refractivity contribution < 1.29 is 18.9 Å². The van der Waals surface area contributed by atoms with E-state index < -0.39 is 12.2 Å². The van der Waals surface area contributed by atoms with Gasteiger partial charge in [0.2, 0.25) is 11.8 Å². The van der Waals surface area contributed by atoms with E-state index in [1.54, 1.807) is 14.2 Å². The minimum atomic E-state index is -0.393. The van der Waals surface area contributed by atoms with Gasteiger partial charge in [-0.3, -0.25) is 19.8 Å². The van der Waals surface area contributed by atoms with E-state index in [0.717, 1.165) is 100 Å². The van der Waals surface area contributed by atoms with Crippen molar-refractivity contribution in [1.82, 2.24) is 29.7 Å². The van der Waals surface area contributed by atoms with Crippen molar-refractivity contribution in [2.45, 2.75) is 76.7 Å². The SMILES string of the molecule is CC[C@H]1CN2CC[C@H]1C[C@H]2[C@H](Oc1nc(-c2ccccc2)nc(O[C@@H](c2ccnc3ccc(OC)cc23)[C@@H]2C[C@H]3CCN2C[C@@H]3CC)c1-c1ccccc1)c1ccnc2ccc(OC)cc12. The highest BCUT2D eigenvalue weighted by atomic mass is 16.5. The van der Waals surface area contributed by atoms with Gasteiger partial charge in [0.1, 0.15) is 29.3 Å². The van der Waals surface area contributed by atoms with Gasteiger partial charge in [0.05, 0.1) is 37.3 Å². The molecule has 3 aromatic heterocycles. The molecule has 0 aliphatic carbocycles. The topological polar surface area (TPSA) is 95.0 Å². The number of rotatable bonds is 14. The van der Waals surface area contributed by atoms with Crippen LogP contribution in [0, 0.1) is 23.7 Å². The molecule has 0 radical (unpaired) electrons. The van der Waals surface area contributed by atoms with Gasteiger partial charge in [0.15, 0.2) is 5.82 Å². The largest absolute Gasteiger partial charge is 0.497 e. The lowest BCUT2D eigenvalue weighted by atomic mass is 9.72. The van der Waals surface area contributed by atoms with Gasteiger partial charge in [-0.1, -0.05) is 87.4 Å². The van der Waals surface area contributed by atoms with Gasteiger partial charge in [-0.05, 0) is 117 Å². The Balaban J connectivity index is 1.13. The molecule has 338 valence electrons. The Labute approximate surface area is 388 Å². The number of hydrogen-bond donors (Lipinski definition) is 0. The van der Waals surface area contributed by atoms with E-state index in [1.807, 2.05) is 54.9 Å². The molecule has 6 saturated heterocycles. The van der Waals surface area contributed by atoms with E-state index in [2.05, 4.69) is 90.4 Å². The summed E-state index contributed by atoms with van der Waals surface area (Å²) in [6, 6.07) is 37.4. The standard InChI is InChI=1S/C56H60N6O4/c1-5-35-33-61-27-23-39(35)29-49(61)52(43-21-25-57-47-19-17-41(63-3)31-45(43)47)65-55-51(37-13-9-7-10-14-37)56(60-54(59-55)38-15-11-8-12-16-38)66-53(50-30-40-24-28-62(50)34-36(40)6-2)44-22-26-58-48-20-18-42(64-4)32-46(44)48/h7-22,25-26,31-32,35-36,39-40,49-50,52-53H,5-6,23-24,27-30,33-34H2,1-4H3/t35-,36-,39-,40+,49-,50-,52+,53-/m0/s1. The summed E-state index contributed by atoms with van der Waals surface area (Å²) in [7, 11) is 3.44. The monoisotopic (exact) mass is 880 g/mol. The van der Waals surface area contributed by atoms with Crippen LogP contribution in [0.1, 0.15) is 75.7 Å². The summed E-state index contributed by atoms with van der Waals surface area (Å²) in [6.07, 6.45) is 9.90. The van der Waals surface area contributed by atoms with Crippen LogP contribution in [0.25, 0.3) is 44.3 Å². The average Bonchev–Trinajstić information content (AvgIpc) is 3.39. The normalized spacial score (nSPS) is 25.4. The number of piperidine rings is 6. The van der Waals surface area contributed by atoms with Gasteiger partial charge in [-0.15, -0.1) is 0 Å². The highest BCUT2D eigenvalue weighted by Crippen LogP contribution is 2.50. The van der Waals surface area contributed by atoms with Crippen LogP contribution in [-0.2, 0) is 0 Å². The number of benzene rings is 4. The quantitative estimate of drug-likeness (QED) is 0.105. The maximum Gasteiger partial charge on any atom is 0.229 e. The minimum absolute atomic E-state index is 0.106. The van der Waals surface area contributed by atoms with Gasteiger partial charge in [-0.2, -0.15) is 9.97 Å². The summed E-state index contributed by atoms with van der Waals surface area (Å²) in [5, 5.41) is 2.02. The van der Waals surface area contributed by atoms with Crippen LogP contribution in [0.4, 0.5) is 0 Å². The van der Waals surface area contributed by atoms with E-state index in [4.69, 9.17) is 38.9 Å². The first-order chi connectivity index (χ1) is 32.5. The first-order valence-corrected chi connectivity index (χ1v) is 24.2. The first kappa shape index (κ1) is 42.5. The molecule has 10 atom stereocenters. The molecule has 0 spiro atoms. The molecule has 2 unspecified atom stereocenters. The number of hydrogen-bond acceptors (Lipinski definition) is 10. The van der Waals surface area contributed by atoms with Crippen molar-refractivity contribution in [3.63, 3.8) is 0 Å². The number of methoxy groups -OCH3 is 2. The highest BCUT2D eigenvalue weighted by Gasteiger charge is 2.47. The zero-order valence-corrected chi connectivity index (χ0v) is 38.6. The molecule has 10 nitrogen and oxygen atoms in total. The van der Waals surface area contributed by atoms with Crippen LogP contribution in [0.2, 0.25) is 0 Å². The third kappa shape index (κ3) is 7.91. The molecule has 0 amide bonds. The van der Waals surface area contributed by atoms with Crippen molar-refractivity contribution in [3.8, 4) is 45.8 Å². The van der Waals surface area contributed by atoms with Crippen molar-refractivity contribution in [1.29, 1.82) is 0 Å². The molecule has 9 heterocycles. The predicted molar refractivity (Wildman–Crippen MR) is 260 cm³/mol. The van der Waals surface area contributed by atoms with Crippen LogP contribution >= 0.6 is 0 Å². The molecular formula is C56H60N6O4. The molecule has 6 aliphatic heterocycles. The van der Waals surface area contributed by atoms with Crippen LogP contribution in [-0.4, -0.2) is 82.2 Å². The van der Waals surface area contributed by atoms with Crippen molar-refractivity contribution in [2.75, 3.05) is 40.4 Å². The predicted octanol–water partition coefficient (Wildman–Crippen LogP) is 11.4. The first-order valence-electron chi connectivity index (χ1n) is 24.2. The fraction of sp³-hybridized carbons (Fsp3) is 0.393. The molecule has 4 aromatic carbocycles. The average molecular weight is 881 g/mol. The fourth-order valence-electron chi connectivity index (χ4n) is 12.1. The summed E-state index contributed by atoms with van der Waals surface area (Å²) < 4.78 is 27.2. The van der Waals surface area contributed by atoms with Gasteiger partial charge in [0, 0.05) is 52.9 Å². The second kappa shape index (κ2) is 18.3. The summed E-state index contributed by atoms with van der Waals surface area (Å²) in [4.78, 5) is 26.0. The van der Waals surface area contributed by atoms with Gasteiger partial charge < -0.3 is 18.9 Å². The van der Waals surface area contributed by atoms with Crippen LogP contribution in [0.5, 0.6) is 23.3 Å². The minimum Gasteiger partial charge on any atom is -0.497 e. The third-order valence-corrected chi connectivity index (χ3v) is 15.6. The van der Waals surface area contributed by atoms with Crippen molar-refractivity contribution in [3.05, 3.63) is 133 Å². The molecule has 6 aliphatic rings. The number of aromatic nitrogens is 4. The van der Waals surface area contributed by atoms with Crippen molar-refractivity contribution in [2.24, 2.45) is 23.7 Å². The van der Waals surface area contributed by atoms with Crippen LogP contribution in [0.3, 0.4) is 0 Å². The maximum absolute atomic E-state index is 7.76. The number of pyridine rings is 2. The van der Waals surface area contributed by atoms with E-state index in [9.17, 15) is 0 Å². The fourth-order valence-corrected chi connectivity index (χ4v) is 12.1. The molecule has 7 aromatic rings. The lowest BCUT2D eigenvalue weighted by Crippen LogP contribution is -2.56. The number of fused-ring (bicyclic) bond motifs is 8. The van der Waals surface area contributed by atoms with Crippen LogP contribution < -0.4 is 18.9 Å². The second-order valence-corrected chi connectivity index (χ2v) is 18.9. The maximum atomic E-state index is 7.76. The molecule has 0 N–H and O–H groups in total. The van der Waals surface area contributed by atoms with Crippen LogP contribution in [0.15, 0.2) is 122 Å². The molecule has 13 rings (SSSR count). The Morgan fingerprint density at radius 3 is 1.47 bits per heavy atom. The molecule has 4 bridgehead atoms. The Hall–Kier alpha value is -6.10. The smallest absolute Gasteiger partial charge is 0.229 e. The number of nitrogens with zero attached hydrogens (tertiary/aromatic N) is 6. The number of ether oxygens (including phenoxy) is 4. The zero-order chi connectivity index (χ0) is 44.7.